The number of likely N-dealkylation sites (tertiary alicyclic amines) is 1. The first-order valence-electron chi connectivity index (χ1n) is 11.4. The number of hydrogen-bond donors (Lipinski definition) is 3. The largest absolute Gasteiger partial charge is 0.497 e. The van der Waals surface area contributed by atoms with Crippen LogP contribution in [0.2, 0.25) is 0 Å². The molecule has 0 amide bonds. The van der Waals surface area contributed by atoms with E-state index < -0.39 is 6.10 Å². The van der Waals surface area contributed by atoms with Crippen LogP contribution in [-0.2, 0) is 6.54 Å². The van der Waals surface area contributed by atoms with E-state index in [4.69, 9.17) is 4.74 Å². The minimum absolute atomic E-state index is 0.167. The van der Waals surface area contributed by atoms with Crippen molar-refractivity contribution in [2.24, 2.45) is 0 Å². The van der Waals surface area contributed by atoms with E-state index in [0.29, 0.717) is 30.2 Å². The van der Waals surface area contributed by atoms with Crippen LogP contribution in [0.25, 0.3) is 21.8 Å². The average Bonchev–Trinajstić information content (AvgIpc) is 3.18. The van der Waals surface area contributed by atoms with Gasteiger partial charge < -0.3 is 25.0 Å². The highest BCUT2D eigenvalue weighted by Crippen LogP contribution is 2.28. The van der Waals surface area contributed by atoms with E-state index in [1.165, 1.54) is 0 Å². The number of aliphatic hydroxyl groups is 1. The molecule has 4 aromatic rings. The van der Waals surface area contributed by atoms with E-state index in [0.717, 1.165) is 53.7 Å². The second kappa shape index (κ2) is 9.47. The lowest BCUT2D eigenvalue weighted by Gasteiger charge is -2.33. The second-order valence-corrected chi connectivity index (χ2v) is 8.72. The van der Waals surface area contributed by atoms with Crippen molar-refractivity contribution in [2.75, 3.05) is 26.7 Å². The van der Waals surface area contributed by atoms with Gasteiger partial charge in [-0.25, -0.2) is 4.39 Å². The van der Waals surface area contributed by atoms with Gasteiger partial charge in [0.1, 0.15) is 5.75 Å². The van der Waals surface area contributed by atoms with Gasteiger partial charge in [0.25, 0.3) is 0 Å². The number of nitrogens with one attached hydrogen (secondary N) is 2. The van der Waals surface area contributed by atoms with Crippen molar-refractivity contribution in [1.29, 1.82) is 0 Å². The summed E-state index contributed by atoms with van der Waals surface area (Å²) in [6, 6.07) is 15.4. The van der Waals surface area contributed by atoms with Gasteiger partial charge in [-0.1, -0.05) is 12.1 Å². The van der Waals surface area contributed by atoms with Gasteiger partial charge in [0.15, 0.2) is 5.82 Å². The van der Waals surface area contributed by atoms with Crippen LogP contribution in [0.3, 0.4) is 0 Å². The monoisotopic (exact) mass is 448 g/mol. The van der Waals surface area contributed by atoms with Crippen LogP contribution in [0, 0.1) is 5.82 Å². The number of β-amino-alcohol motifs (C(OH)–C–C–N with tert-alkyl or cyclic N) is 1. The predicted octanol–water partition coefficient (Wildman–Crippen LogP) is 4.15. The minimum Gasteiger partial charge on any atom is -0.497 e. The predicted molar refractivity (Wildman–Crippen MR) is 128 cm³/mol. The van der Waals surface area contributed by atoms with Gasteiger partial charge >= 0.3 is 0 Å². The summed E-state index contributed by atoms with van der Waals surface area (Å²) in [4.78, 5) is 9.88. The Labute approximate surface area is 192 Å². The molecular weight excluding hydrogens is 419 g/mol. The summed E-state index contributed by atoms with van der Waals surface area (Å²) in [6.45, 7) is 2.82. The molecule has 3 N–H and O–H groups in total. The lowest BCUT2D eigenvalue weighted by Crippen LogP contribution is -2.43. The molecule has 172 valence electrons. The van der Waals surface area contributed by atoms with Gasteiger partial charge in [0, 0.05) is 41.6 Å². The van der Waals surface area contributed by atoms with Crippen LogP contribution in [-0.4, -0.2) is 52.8 Å². The SMILES string of the molecule is COc1ccc2nccc([C@@H](O)CN3CCC(NCc4[nH]c5ccccc5c4F)CC3)c2c1. The summed E-state index contributed by atoms with van der Waals surface area (Å²) in [5.74, 6) is 0.585. The quantitative estimate of drug-likeness (QED) is 0.396. The van der Waals surface area contributed by atoms with Crippen molar-refractivity contribution in [3.63, 3.8) is 0 Å². The summed E-state index contributed by atoms with van der Waals surface area (Å²) in [7, 11) is 1.64. The fraction of sp³-hybridized carbons (Fsp3) is 0.346. The number of hydrogen-bond acceptors (Lipinski definition) is 5. The number of fused-ring (bicyclic) bond motifs is 2. The van der Waals surface area contributed by atoms with Crippen molar-refractivity contribution >= 4 is 21.8 Å². The number of benzene rings is 2. The summed E-state index contributed by atoms with van der Waals surface area (Å²) in [5, 5.41) is 16.0. The molecule has 0 bridgehead atoms. The van der Waals surface area contributed by atoms with Crippen molar-refractivity contribution in [3.8, 4) is 5.75 Å². The fourth-order valence-corrected chi connectivity index (χ4v) is 4.76. The zero-order valence-corrected chi connectivity index (χ0v) is 18.7. The lowest BCUT2D eigenvalue weighted by atomic mass is 10.0. The molecule has 2 aromatic carbocycles. The second-order valence-electron chi connectivity index (χ2n) is 8.72. The number of rotatable bonds is 7. The summed E-state index contributed by atoms with van der Waals surface area (Å²) in [5.41, 5.74) is 3.15. The van der Waals surface area contributed by atoms with Crippen molar-refractivity contribution in [2.45, 2.75) is 31.5 Å². The molecule has 1 aliphatic rings. The number of piperidine rings is 1. The molecular formula is C26H29FN4O2. The minimum atomic E-state index is -0.604. The van der Waals surface area contributed by atoms with Gasteiger partial charge in [-0.15, -0.1) is 0 Å². The number of para-hydroxylation sites is 1. The Hall–Kier alpha value is -3.00. The Morgan fingerprint density at radius 2 is 2.00 bits per heavy atom. The van der Waals surface area contributed by atoms with Gasteiger partial charge in [0.2, 0.25) is 0 Å². The van der Waals surface area contributed by atoms with Crippen LogP contribution in [0.1, 0.15) is 30.2 Å². The fourth-order valence-electron chi connectivity index (χ4n) is 4.76. The van der Waals surface area contributed by atoms with Gasteiger partial charge in [0.05, 0.1) is 24.4 Å². The zero-order valence-electron chi connectivity index (χ0n) is 18.7. The number of nitrogens with zero attached hydrogens (tertiary/aromatic N) is 2. The molecule has 0 saturated carbocycles. The van der Waals surface area contributed by atoms with Gasteiger partial charge in [-0.2, -0.15) is 0 Å². The summed E-state index contributed by atoms with van der Waals surface area (Å²) in [6.07, 6.45) is 3.05. The molecule has 5 rings (SSSR count). The third-order valence-corrected chi connectivity index (χ3v) is 6.64. The maximum atomic E-state index is 14.6. The van der Waals surface area contributed by atoms with Crippen molar-refractivity contribution in [1.82, 2.24) is 20.2 Å². The van der Waals surface area contributed by atoms with E-state index in [-0.39, 0.29) is 5.82 Å². The number of pyridine rings is 1. The number of aliphatic hydroxyl groups excluding tert-OH is 1. The molecule has 6 nitrogen and oxygen atoms in total. The van der Waals surface area contributed by atoms with E-state index >= 15 is 0 Å². The maximum absolute atomic E-state index is 14.6. The average molecular weight is 449 g/mol. The van der Waals surface area contributed by atoms with Crippen LogP contribution in [0.4, 0.5) is 4.39 Å². The van der Waals surface area contributed by atoms with E-state index in [2.05, 4.69) is 20.2 Å². The molecule has 1 saturated heterocycles. The lowest BCUT2D eigenvalue weighted by molar-refractivity contribution is 0.0948. The smallest absolute Gasteiger partial charge is 0.153 e. The number of ether oxygens (including phenoxy) is 1. The molecule has 2 aromatic heterocycles. The molecule has 0 unspecified atom stereocenters. The van der Waals surface area contributed by atoms with E-state index in [1.54, 1.807) is 19.4 Å². The van der Waals surface area contributed by atoms with Gasteiger partial charge in [-0.3, -0.25) is 4.98 Å². The van der Waals surface area contributed by atoms with Crippen LogP contribution < -0.4 is 10.1 Å². The third-order valence-electron chi connectivity index (χ3n) is 6.64. The third kappa shape index (κ3) is 4.57. The molecule has 0 radical (unpaired) electrons. The Morgan fingerprint density at radius 3 is 2.79 bits per heavy atom. The Morgan fingerprint density at radius 1 is 1.18 bits per heavy atom. The first kappa shape index (κ1) is 21.8. The van der Waals surface area contributed by atoms with Gasteiger partial charge in [-0.05, 0) is 67.9 Å². The highest BCUT2D eigenvalue weighted by Gasteiger charge is 2.23. The summed E-state index contributed by atoms with van der Waals surface area (Å²) >= 11 is 0. The van der Waals surface area contributed by atoms with Crippen molar-refractivity contribution in [3.05, 3.63) is 71.8 Å². The number of H-pyrrole nitrogens is 1. The number of aromatic amines is 1. The number of halogens is 1. The molecule has 0 spiro atoms. The normalized spacial score (nSPS) is 16.5. The standard InChI is InChI=1S/C26H29FN4O2/c1-33-18-6-7-22-21(14-18)19(8-11-28-22)25(32)16-31-12-9-17(10-13-31)29-15-24-26(27)20-4-2-3-5-23(20)30-24/h2-8,11,14,17,25,29-30,32H,9-10,12-13,15-16H2,1H3/t25-/m0/s1. The molecule has 3 heterocycles. The van der Waals surface area contributed by atoms with E-state index in [9.17, 15) is 9.50 Å². The van der Waals surface area contributed by atoms with E-state index in [1.807, 2.05) is 42.5 Å². The Kier molecular flexibility index (Phi) is 6.26. The van der Waals surface area contributed by atoms with Crippen LogP contribution >= 0.6 is 0 Å². The zero-order chi connectivity index (χ0) is 22.8. The molecule has 1 atom stereocenters. The molecule has 0 aliphatic carbocycles. The van der Waals surface area contributed by atoms with Crippen molar-refractivity contribution < 1.29 is 14.2 Å². The summed E-state index contributed by atoms with van der Waals surface area (Å²) < 4.78 is 19.9. The highest BCUT2D eigenvalue weighted by atomic mass is 19.1. The maximum Gasteiger partial charge on any atom is 0.153 e. The van der Waals surface area contributed by atoms with Crippen LogP contribution in [0.15, 0.2) is 54.7 Å². The molecule has 1 aliphatic heterocycles. The molecule has 7 heteroatoms. The number of methoxy groups -OCH3 is 1. The van der Waals surface area contributed by atoms with Crippen LogP contribution in [0.5, 0.6) is 5.75 Å². The highest BCUT2D eigenvalue weighted by molar-refractivity contribution is 5.84. The first-order chi connectivity index (χ1) is 16.1. The number of aromatic nitrogens is 2. The Balaban J connectivity index is 1.17. The molecule has 33 heavy (non-hydrogen) atoms. The Bertz CT molecular complexity index is 1250. The molecule has 1 fully saturated rings. The first-order valence-corrected chi connectivity index (χ1v) is 11.4. The topological polar surface area (TPSA) is 73.4 Å².